The molecule has 226 valence electrons. The van der Waals surface area contributed by atoms with Crippen LogP contribution < -0.4 is 10.5 Å². The Kier molecular flexibility index (Phi) is 9.42. The van der Waals surface area contributed by atoms with Gasteiger partial charge in [0.05, 0.1) is 36.7 Å². The van der Waals surface area contributed by atoms with Gasteiger partial charge in [0, 0.05) is 5.41 Å². The van der Waals surface area contributed by atoms with E-state index in [1.165, 1.54) is 0 Å². The minimum Gasteiger partial charge on any atom is -0.444 e. The molecule has 1 amide bonds. The number of aliphatic hydroxyl groups is 1. The van der Waals surface area contributed by atoms with E-state index in [-0.39, 0.29) is 35.8 Å². The first-order chi connectivity index (χ1) is 18.4. The zero-order valence-electron chi connectivity index (χ0n) is 25.4. The Morgan fingerprint density at radius 3 is 2.27 bits per heavy atom. The molecular weight excluding hydrogens is 615 g/mol. The standard InChI is InChI=1S/C28H46BrFN4O4SSi/c1-10-40(11-2,12-3)19-15-20(29)32-22(21(19)30)27(9)18-39(37,31-16-28(17-35)13-14-28)26(7,8)23(34-27)33-24(36)38-25(4,5)6/h15,35H,10-14,16-18H2,1-9H3,(H,33,34,36)/t27-,39+/m0/s1. The van der Waals surface area contributed by atoms with Crippen molar-refractivity contribution in [3.05, 3.63) is 22.2 Å². The molecule has 1 fully saturated rings. The molecule has 1 saturated carbocycles. The van der Waals surface area contributed by atoms with Crippen LogP contribution in [-0.4, -0.2) is 63.6 Å². The molecule has 3 rings (SSSR count). The maximum absolute atomic E-state index is 16.6. The Bertz CT molecular complexity index is 1290. The summed E-state index contributed by atoms with van der Waals surface area (Å²) in [5.74, 6) is -0.378. The van der Waals surface area contributed by atoms with E-state index < -0.39 is 45.6 Å². The number of halogens is 2. The van der Waals surface area contributed by atoms with Crippen LogP contribution in [0.25, 0.3) is 0 Å². The smallest absolute Gasteiger partial charge is 0.413 e. The summed E-state index contributed by atoms with van der Waals surface area (Å²) >= 11 is 3.52. The van der Waals surface area contributed by atoms with E-state index in [9.17, 15) is 14.1 Å². The van der Waals surface area contributed by atoms with Crippen LogP contribution in [0.1, 0.15) is 80.8 Å². The molecule has 1 aliphatic carbocycles. The third-order valence-electron chi connectivity index (χ3n) is 8.76. The first kappa shape index (κ1) is 33.1. The zero-order chi connectivity index (χ0) is 30.4. The highest BCUT2D eigenvalue weighted by Gasteiger charge is 2.52. The number of amides is 1. The van der Waals surface area contributed by atoms with Crippen molar-refractivity contribution < 1.29 is 23.2 Å². The van der Waals surface area contributed by atoms with Crippen molar-refractivity contribution in [2.24, 2.45) is 14.8 Å². The number of alkyl carbamates (subject to hydrolysis) is 1. The summed E-state index contributed by atoms with van der Waals surface area (Å²) in [6, 6.07) is 4.42. The largest absolute Gasteiger partial charge is 0.444 e. The summed E-state index contributed by atoms with van der Waals surface area (Å²) in [6.07, 6.45) is 0.873. The van der Waals surface area contributed by atoms with Crippen LogP contribution in [0.2, 0.25) is 18.1 Å². The molecule has 0 saturated heterocycles. The van der Waals surface area contributed by atoms with E-state index in [2.05, 4.69) is 47.0 Å². The lowest BCUT2D eigenvalue weighted by Gasteiger charge is -2.42. The lowest BCUT2D eigenvalue weighted by Crippen LogP contribution is -2.58. The fraction of sp³-hybridized carbons (Fsp3) is 0.750. The number of carbonyl (C=O) groups is 1. The third-order valence-corrected chi connectivity index (χ3v) is 18.0. The Labute approximate surface area is 248 Å². The van der Waals surface area contributed by atoms with Crippen LogP contribution in [0, 0.1) is 11.2 Å². The number of aromatic nitrogens is 1. The second kappa shape index (κ2) is 11.4. The van der Waals surface area contributed by atoms with Gasteiger partial charge in [0.15, 0.2) is 0 Å². The number of amidine groups is 1. The summed E-state index contributed by atoms with van der Waals surface area (Å²) in [6.45, 7) is 16.9. The van der Waals surface area contributed by atoms with E-state index in [0.717, 1.165) is 31.0 Å². The lowest BCUT2D eigenvalue weighted by molar-refractivity contribution is 0.0560. The minimum atomic E-state index is -3.16. The van der Waals surface area contributed by atoms with E-state index in [1.54, 1.807) is 47.6 Å². The number of nitrogens with one attached hydrogen (secondary N) is 1. The molecule has 0 unspecified atom stereocenters. The molecule has 1 aromatic heterocycles. The topological polar surface area (TPSA) is 113 Å². The normalized spacial score (nSPS) is 25.6. The summed E-state index contributed by atoms with van der Waals surface area (Å²) in [7, 11) is -5.33. The van der Waals surface area contributed by atoms with Gasteiger partial charge in [-0.2, -0.15) is 0 Å². The van der Waals surface area contributed by atoms with Gasteiger partial charge < -0.3 is 9.84 Å². The summed E-state index contributed by atoms with van der Waals surface area (Å²) in [4.78, 5) is 22.4. The molecule has 1 aliphatic heterocycles. The molecule has 1 aromatic rings. The molecule has 40 heavy (non-hydrogen) atoms. The van der Waals surface area contributed by atoms with Gasteiger partial charge in [0.2, 0.25) is 0 Å². The minimum absolute atomic E-state index is 0.0379. The third kappa shape index (κ3) is 6.34. The maximum atomic E-state index is 16.6. The average molecular weight is 662 g/mol. The molecular formula is C28H46BrFN4O4SSi. The number of hydrogen-bond donors (Lipinski definition) is 2. The number of aliphatic imine (C=N–C) groups is 1. The molecule has 2 heterocycles. The molecule has 0 spiro atoms. The molecule has 2 N–H and O–H groups in total. The summed E-state index contributed by atoms with van der Waals surface area (Å²) in [5.41, 5.74) is -2.42. The predicted octanol–water partition coefficient (Wildman–Crippen LogP) is 5.87. The number of nitrogens with zero attached hydrogens (tertiary/aromatic N) is 3. The van der Waals surface area contributed by atoms with Gasteiger partial charge in [-0.25, -0.2) is 22.7 Å². The average Bonchev–Trinajstić information content (AvgIpc) is 3.64. The van der Waals surface area contributed by atoms with E-state index >= 15 is 4.39 Å². The van der Waals surface area contributed by atoms with Crippen molar-refractivity contribution in [1.29, 1.82) is 0 Å². The second-order valence-electron chi connectivity index (χ2n) is 13.1. The van der Waals surface area contributed by atoms with Gasteiger partial charge in [-0.3, -0.25) is 10.3 Å². The van der Waals surface area contributed by atoms with Gasteiger partial charge in [-0.15, -0.1) is 0 Å². The van der Waals surface area contributed by atoms with Crippen molar-refractivity contribution in [3.63, 3.8) is 0 Å². The molecule has 12 heteroatoms. The van der Waals surface area contributed by atoms with Gasteiger partial charge in [0.25, 0.3) is 0 Å². The zero-order valence-corrected chi connectivity index (χ0v) is 28.8. The lowest BCUT2D eigenvalue weighted by atomic mass is 9.98. The first-order valence-electron chi connectivity index (χ1n) is 14.1. The van der Waals surface area contributed by atoms with Gasteiger partial charge >= 0.3 is 6.09 Å². The maximum Gasteiger partial charge on any atom is 0.413 e. The predicted molar refractivity (Wildman–Crippen MR) is 166 cm³/mol. The van der Waals surface area contributed by atoms with Crippen LogP contribution in [0.3, 0.4) is 0 Å². The van der Waals surface area contributed by atoms with Crippen molar-refractivity contribution in [2.75, 3.05) is 18.9 Å². The number of ether oxygens (including phenoxy) is 1. The Balaban J connectivity index is 2.27. The Hall–Kier alpha value is -1.37. The van der Waals surface area contributed by atoms with Crippen LogP contribution in [0.5, 0.6) is 0 Å². The SMILES string of the molecule is CC[Si](CC)(CC)c1cc(Br)nc([C@]2(C)C[S@](=O)(=NCC3(CO)CC3)C(C)(C)C(NC(=O)OC(C)(C)C)=N2)c1F. The number of aliphatic hydroxyl groups excluding tert-OH is 1. The summed E-state index contributed by atoms with van der Waals surface area (Å²) < 4.78 is 41.1. The highest BCUT2D eigenvalue weighted by atomic mass is 79.9. The molecule has 0 aromatic carbocycles. The quantitative estimate of drug-likeness (QED) is 0.267. The molecule has 2 atom stereocenters. The first-order valence-corrected chi connectivity index (χ1v) is 19.2. The fourth-order valence-corrected chi connectivity index (χ4v) is 12.3. The molecule has 8 nitrogen and oxygen atoms in total. The van der Waals surface area contributed by atoms with E-state index in [4.69, 9.17) is 14.1 Å². The van der Waals surface area contributed by atoms with Crippen molar-refractivity contribution in [3.8, 4) is 0 Å². The molecule has 0 bridgehead atoms. The molecule has 2 aliphatic rings. The van der Waals surface area contributed by atoms with Gasteiger partial charge in [0.1, 0.15) is 37.8 Å². The number of pyridine rings is 1. The van der Waals surface area contributed by atoms with Crippen LogP contribution in [-0.2, 0) is 20.0 Å². The highest BCUT2D eigenvalue weighted by Crippen LogP contribution is 2.47. The monoisotopic (exact) mass is 660 g/mol. The Morgan fingerprint density at radius 2 is 1.80 bits per heavy atom. The number of rotatable bonds is 8. The van der Waals surface area contributed by atoms with Gasteiger partial charge in [-0.1, -0.05) is 38.9 Å². The second-order valence-corrected chi connectivity index (χ2v) is 22.0. The van der Waals surface area contributed by atoms with Crippen LogP contribution in [0.15, 0.2) is 20.0 Å². The van der Waals surface area contributed by atoms with E-state index in [0.29, 0.717) is 9.79 Å². The highest BCUT2D eigenvalue weighted by molar-refractivity contribution is 9.10. The van der Waals surface area contributed by atoms with Crippen LogP contribution in [0.4, 0.5) is 9.18 Å². The number of hydrogen-bond acceptors (Lipinski definition) is 7. The van der Waals surface area contributed by atoms with Crippen molar-refractivity contribution in [2.45, 2.75) is 109 Å². The van der Waals surface area contributed by atoms with Crippen molar-refractivity contribution >= 4 is 50.8 Å². The van der Waals surface area contributed by atoms with Gasteiger partial charge in [-0.05, 0) is 81.6 Å². The Morgan fingerprint density at radius 1 is 1.23 bits per heavy atom. The van der Waals surface area contributed by atoms with Crippen molar-refractivity contribution in [1.82, 2.24) is 10.3 Å². The molecule has 0 radical (unpaired) electrons. The fourth-order valence-electron chi connectivity index (χ4n) is 5.38. The van der Waals surface area contributed by atoms with Crippen LogP contribution >= 0.6 is 15.9 Å². The summed E-state index contributed by atoms with van der Waals surface area (Å²) in [5, 5.41) is 13.3. The van der Waals surface area contributed by atoms with E-state index in [1.807, 2.05) is 0 Å². The number of carbonyl (C=O) groups excluding carboxylic acids is 1.